The van der Waals surface area contributed by atoms with Crippen molar-refractivity contribution in [1.82, 2.24) is 9.97 Å². The smallest absolute Gasteiger partial charge is 0.341 e. The second kappa shape index (κ2) is 15.3. The largest absolute Gasteiger partial charge is 0.492 e. The van der Waals surface area contributed by atoms with Crippen LogP contribution >= 0.6 is 0 Å². The van der Waals surface area contributed by atoms with E-state index < -0.39 is 60.7 Å². The maximum atomic E-state index is 12.9. The van der Waals surface area contributed by atoms with E-state index in [1.54, 1.807) is 44.2 Å². The van der Waals surface area contributed by atoms with E-state index in [-0.39, 0.29) is 17.9 Å². The number of aliphatic hydroxyl groups is 1. The first kappa shape index (κ1) is 35.8. The molecular formula is C33H39N3O12. The van der Waals surface area contributed by atoms with Gasteiger partial charge in [-0.1, -0.05) is 0 Å². The average molecular weight is 670 g/mol. The number of esters is 4. The van der Waals surface area contributed by atoms with Crippen molar-refractivity contribution >= 4 is 46.3 Å². The minimum atomic E-state index is -1.83. The highest BCUT2D eigenvalue weighted by molar-refractivity contribution is 6.05. The van der Waals surface area contributed by atoms with Crippen LogP contribution in [0.2, 0.25) is 0 Å². The summed E-state index contributed by atoms with van der Waals surface area (Å²) >= 11 is 0. The number of aryl methyl sites for hydroxylation is 1. The molecule has 15 heteroatoms. The third kappa shape index (κ3) is 8.09. The molecule has 5 atom stereocenters. The zero-order valence-corrected chi connectivity index (χ0v) is 27.7. The van der Waals surface area contributed by atoms with Crippen molar-refractivity contribution in [1.29, 1.82) is 0 Å². The molecule has 0 amide bonds. The van der Waals surface area contributed by atoms with Crippen molar-refractivity contribution in [2.24, 2.45) is 0 Å². The topological polar surface area (TPSA) is 191 Å². The summed E-state index contributed by atoms with van der Waals surface area (Å²) in [6, 6.07) is 8.23. The summed E-state index contributed by atoms with van der Waals surface area (Å²) in [5, 5.41) is 13.9. The molecular weight excluding hydrogens is 630 g/mol. The number of rotatable bonds is 12. The molecule has 0 spiro atoms. The molecule has 1 aromatic carbocycles. The standard InChI is InChI=1S/C33H39N3O12/c1-8-42-25-14-23-27(24(32(41)43-9-2)15-34-31(23)35-17(25)3)36-21-10-12-22(13-11-21)47-33(7)30(46-20(6)40)29(45-19(5)39)28(44-18(4)38)26(16-37)48-33/h10-15,26,28-30,37H,8-9,16H2,1-7H3,(H,34,35,36)/t26-,28-,29+,30-,33-/m1/s1. The summed E-state index contributed by atoms with van der Waals surface area (Å²) in [6.07, 6.45) is -3.93. The predicted molar refractivity (Wildman–Crippen MR) is 169 cm³/mol. The van der Waals surface area contributed by atoms with Gasteiger partial charge in [0.25, 0.3) is 0 Å². The first-order valence-electron chi connectivity index (χ1n) is 15.3. The third-order valence-electron chi connectivity index (χ3n) is 7.21. The molecule has 0 unspecified atom stereocenters. The Morgan fingerprint density at radius 3 is 2.19 bits per heavy atom. The van der Waals surface area contributed by atoms with Gasteiger partial charge >= 0.3 is 23.9 Å². The molecule has 0 saturated carbocycles. The van der Waals surface area contributed by atoms with Crippen LogP contribution in [-0.2, 0) is 38.1 Å². The Morgan fingerprint density at radius 1 is 0.958 bits per heavy atom. The number of nitrogens with one attached hydrogen (secondary N) is 1. The molecule has 2 N–H and O–H groups in total. The molecule has 3 heterocycles. The molecule has 3 aromatic rings. The van der Waals surface area contributed by atoms with Gasteiger partial charge in [0.1, 0.15) is 23.2 Å². The molecule has 0 aliphatic carbocycles. The highest BCUT2D eigenvalue weighted by Crippen LogP contribution is 2.38. The number of carbonyl (C=O) groups is 4. The monoisotopic (exact) mass is 669 g/mol. The molecule has 2 aromatic heterocycles. The van der Waals surface area contributed by atoms with Gasteiger partial charge in [0.05, 0.1) is 31.2 Å². The lowest BCUT2D eigenvalue weighted by Gasteiger charge is -2.49. The SMILES string of the molecule is CCOC(=O)c1cnc2nc(C)c(OCC)cc2c1Nc1ccc(O[C@]2(C)O[C@H](CO)[C@@H](OC(C)=O)[C@H](OC(C)=O)[C@H]2OC(C)=O)cc1. The molecule has 1 fully saturated rings. The van der Waals surface area contributed by atoms with Gasteiger partial charge in [-0.3, -0.25) is 14.4 Å². The van der Waals surface area contributed by atoms with E-state index in [2.05, 4.69) is 15.3 Å². The van der Waals surface area contributed by atoms with E-state index in [4.69, 9.17) is 33.2 Å². The minimum Gasteiger partial charge on any atom is -0.492 e. The minimum absolute atomic E-state index is 0.158. The Bertz CT molecular complexity index is 1660. The lowest BCUT2D eigenvalue weighted by atomic mass is 9.92. The van der Waals surface area contributed by atoms with Gasteiger partial charge in [-0.2, -0.15) is 0 Å². The van der Waals surface area contributed by atoms with Gasteiger partial charge in [-0.15, -0.1) is 0 Å². The van der Waals surface area contributed by atoms with Gasteiger partial charge in [-0.25, -0.2) is 14.8 Å². The van der Waals surface area contributed by atoms with Crippen LogP contribution < -0.4 is 14.8 Å². The fourth-order valence-corrected chi connectivity index (χ4v) is 5.32. The fraction of sp³-hybridized carbons (Fsp3) is 0.455. The summed E-state index contributed by atoms with van der Waals surface area (Å²) in [5.41, 5.74) is 2.13. The van der Waals surface area contributed by atoms with E-state index >= 15 is 0 Å². The number of hydrogen-bond donors (Lipinski definition) is 2. The summed E-state index contributed by atoms with van der Waals surface area (Å²) in [4.78, 5) is 58.0. The molecule has 1 saturated heterocycles. The first-order valence-corrected chi connectivity index (χ1v) is 15.3. The van der Waals surface area contributed by atoms with Crippen molar-refractivity contribution in [3.63, 3.8) is 0 Å². The summed E-state index contributed by atoms with van der Waals surface area (Å²) in [7, 11) is 0. The maximum absolute atomic E-state index is 12.9. The molecule has 258 valence electrons. The van der Waals surface area contributed by atoms with Gasteiger partial charge in [-0.05, 0) is 51.1 Å². The Balaban J connectivity index is 1.70. The number of ether oxygens (including phenoxy) is 7. The quantitative estimate of drug-likeness (QED) is 0.210. The van der Waals surface area contributed by atoms with Crippen molar-refractivity contribution in [3.8, 4) is 11.5 Å². The van der Waals surface area contributed by atoms with E-state index in [0.29, 0.717) is 40.5 Å². The highest BCUT2D eigenvalue weighted by atomic mass is 16.7. The number of aliphatic hydroxyl groups excluding tert-OH is 1. The zero-order valence-electron chi connectivity index (χ0n) is 27.7. The van der Waals surface area contributed by atoms with Crippen molar-refractivity contribution in [2.45, 2.75) is 78.7 Å². The summed E-state index contributed by atoms with van der Waals surface area (Å²) in [5.74, 6) is -3.89. The highest BCUT2D eigenvalue weighted by Gasteiger charge is 2.59. The number of aromatic nitrogens is 2. The van der Waals surface area contributed by atoms with E-state index in [1.165, 1.54) is 13.1 Å². The van der Waals surface area contributed by atoms with E-state index in [1.807, 2.05) is 6.92 Å². The molecule has 48 heavy (non-hydrogen) atoms. The van der Waals surface area contributed by atoms with Gasteiger partial charge in [0.2, 0.25) is 11.9 Å². The fourth-order valence-electron chi connectivity index (χ4n) is 5.32. The first-order chi connectivity index (χ1) is 22.8. The predicted octanol–water partition coefficient (Wildman–Crippen LogP) is 3.54. The van der Waals surface area contributed by atoms with E-state index in [9.17, 15) is 24.3 Å². The molecule has 4 rings (SSSR count). The third-order valence-corrected chi connectivity index (χ3v) is 7.21. The second-order valence-corrected chi connectivity index (χ2v) is 10.9. The Morgan fingerprint density at radius 2 is 1.60 bits per heavy atom. The van der Waals surface area contributed by atoms with Crippen LogP contribution in [0.4, 0.5) is 11.4 Å². The van der Waals surface area contributed by atoms with Crippen LogP contribution in [0.15, 0.2) is 36.5 Å². The van der Waals surface area contributed by atoms with Crippen molar-refractivity contribution in [2.75, 3.05) is 25.1 Å². The Hall–Kier alpha value is -5.02. The molecule has 1 aliphatic rings. The molecule has 0 radical (unpaired) electrons. The maximum Gasteiger partial charge on any atom is 0.341 e. The molecule has 0 bridgehead atoms. The number of pyridine rings is 2. The second-order valence-electron chi connectivity index (χ2n) is 10.9. The van der Waals surface area contributed by atoms with Crippen LogP contribution in [0.1, 0.15) is 57.6 Å². The number of fused-ring (bicyclic) bond motifs is 1. The van der Waals surface area contributed by atoms with Crippen LogP contribution in [-0.4, -0.2) is 89.0 Å². The molecule has 1 aliphatic heterocycles. The zero-order chi connectivity index (χ0) is 35.2. The van der Waals surface area contributed by atoms with Gasteiger partial charge in [0, 0.05) is 45.0 Å². The van der Waals surface area contributed by atoms with Crippen molar-refractivity contribution in [3.05, 3.63) is 47.8 Å². The van der Waals surface area contributed by atoms with Crippen LogP contribution in [0, 0.1) is 6.92 Å². The lowest BCUT2D eigenvalue weighted by molar-refractivity contribution is -0.333. The van der Waals surface area contributed by atoms with Gasteiger partial charge < -0.3 is 43.6 Å². The number of nitrogens with zero attached hydrogens (tertiary/aromatic N) is 2. The van der Waals surface area contributed by atoms with E-state index in [0.717, 1.165) is 20.8 Å². The summed E-state index contributed by atoms with van der Waals surface area (Å²) < 4.78 is 39.5. The van der Waals surface area contributed by atoms with Crippen molar-refractivity contribution < 1.29 is 57.4 Å². The number of carbonyl (C=O) groups excluding carboxylic acids is 4. The lowest BCUT2D eigenvalue weighted by Crippen LogP contribution is -2.68. The molecule has 15 nitrogen and oxygen atoms in total. The normalized spacial score (nSPS) is 21.9. The average Bonchev–Trinajstić information content (AvgIpc) is 3.01. The number of anilines is 2. The number of hydrogen-bond acceptors (Lipinski definition) is 15. The van der Waals surface area contributed by atoms with Gasteiger partial charge in [0.15, 0.2) is 17.9 Å². The van der Waals surface area contributed by atoms with Crippen LogP contribution in [0.3, 0.4) is 0 Å². The van der Waals surface area contributed by atoms with Crippen LogP contribution in [0.5, 0.6) is 11.5 Å². The van der Waals surface area contributed by atoms with Crippen LogP contribution in [0.25, 0.3) is 11.0 Å². The Kier molecular flexibility index (Phi) is 11.4. The number of benzene rings is 1. The Labute approximate surface area is 276 Å². The summed E-state index contributed by atoms with van der Waals surface area (Å²) in [6.45, 7) is 10.1.